The Morgan fingerprint density at radius 3 is 1.38 bits per heavy atom. The third-order valence-electron chi connectivity index (χ3n) is 0. The van der Waals surface area contributed by atoms with Crippen LogP contribution in [-0.4, -0.2) is 42.3 Å². The maximum Gasteiger partial charge on any atom is 0.282 e. The minimum atomic E-state index is -0.583. The SMILES string of the molecule is O=[SiH]P.[AlH2][PH2].[AlH3].[Mn].[Ti]. The molecule has 0 amide bonds. The van der Waals surface area contributed by atoms with E-state index in [0.29, 0.717) is 0 Å². The normalized spacial score (nSPS) is 2.25. The van der Waals surface area contributed by atoms with E-state index in [2.05, 4.69) is 16.7 Å². The predicted octanol–water partition coefficient (Wildman–Crippen LogP) is -2.22. The zero-order valence-electron chi connectivity index (χ0n) is 4.02. The van der Waals surface area contributed by atoms with Crippen LogP contribution in [0.5, 0.6) is 0 Å². The van der Waals surface area contributed by atoms with Crippen LogP contribution in [0.1, 0.15) is 0 Å². The smallest absolute Gasteiger partial charge is 0.282 e. The third kappa shape index (κ3) is 60.8. The second-order valence-electron chi connectivity index (χ2n) is 0.136. The summed E-state index contributed by atoms with van der Waals surface area (Å²) in [7, 11) is 4.08. The van der Waals surface area contributed by atoms with Crippen LogP contribution in [0.4, 0.5) is 0 Å². The van der Waals surface area contributed by atoms with Crippen molar-refractivity contribution in [2.24, 2.45) is 0 Å². The van der Waals surface area contributed by atoms with E-state index in [-0.39, 0.29) is 56.1 Å². The standard InChI is InChI=1S/2Al.Mn.H3OPSi.H2P.Ti.5H/c;;;1-3-2;;;;;;;/h;;;3H,2H2;1H2;;;;;;/q;+1;;;-1;;;;;;. The summed E-state index contributed by atoms with van der Waals surface area (Å²) < 4.78 is 8.98. The summed E-state index contributed by atoms with van der Waals surface area (Å²) in [6, 6.07) is 0. The van der Waals surface area contributed by atoms with Gasteiger partial charge in [0.2, 0.25) is 15.8 Å². The van der Waals surface area contributed by atoms with E-state index in [1.54, 1.807) is 0 Å². The summed E-state index contributed by atoms with van der Waals surface area (Å²) in [6.45, 7) is 0. The van der Waals surface area contributed by atoms with Crippen molar-refractivity contribution in [1.29, 1.82) is 0 Å². The van der Waals surface area contributed by atoms with E-state index in [1.165, 1.54) is 15.8 Å². The molecule has 0 saturated carbocycles. The van der Waals surface area contributed by atoms with Crippen molar-refractivity contribution < 1.29 is 43.2 Å². The predicted molar refractivity (Wildman–Crippen MR) is 45.7 cm³/mol. The van der Waals surface area contributed by atoms with Crippen molar-refractivity contribution in [3.63, 3.8) is 0 Å². The summed E-state index contributed by atoms with van der Waals surface area (Å²) in [4.78, 5) is 0. The van der Waals surface area contributed by atoms with Crippen molar-refractivity contribution in [3.8, 4) is 0 Å². The van der Waals surface area contributed by atoms with Crippen LogP contribution in [-0.2, 0) is 43.2 Å². The first kappa shape index (κ1) is 30.3. The maximum atomic E-state index is 8.98. The van der Waals surface area contributed by atoms with Gasteiger partial charge in [0.05, 0.1) is 0 Å². The van der Waals surface area contributed by atoms with Gasteiger partial charge in [0.1, 0.15) is 0 Å². The van der Waals surface area contributed by atoms with Gasteiger partial charge in [-0.15, -0.1) is 0 Å². The monoisotopic (exact) mass is 273 g/mol. The molecule has 0 bridgehead atoms. The maximum absolute atomic E-state index is 8.98. The van der Waals surface area contributed by atoms with Crippen molar-refractivity contribution in [2.45, 2.75) is 0 Å². The fraction of sp³-hybridized carbons (Fsp3) is 0. The Bertz CT molecular complexity index is 27.5. The molecule has 0 N–H and O–H groups in total. The van der Waals surface area contributed by atoms with E-state index < -0.39 is 9.07 Å². The van der Waals surface area contributed by atoms with Crippen LogP contribution in [0.2, 0.25) is 0 Å². The Hall–Kier alpha value is 3.18. The zero-order chi connectivity index (χ0) is 4.71. The minimum Gasteiger partial charge on any atom is -0.387 e. The number of hydrogen-bond acceptors (Lipinski definition) is 1. The first-order valence-electron chi connectivity index (χ1n) is 1.15. The summed E-state index contributed by atoms with van der Waals surface area (Å²) in [5, 5.41) is 0. The molecule has 47 valence electrons. The van der Waals surface area contributed by atoms with E-state index in [0.717, 1.165) is 0 Å². The van der Waals surface area contributed by atoms with Gasteiger partial charge in [-0.1, -0.05) is 8.79 Å². The molecule has 0 rings (SSSR count). The minimum absolute atomic E-state index is 0. The van der Waals surface area contributed by atoms with Gasteiger partial charge >= 0.3 is 0 Å². The fourth-order valence-corrected chi connectivity index (χ4v) is 0. The molecule has 2 unspecified atom stereocenters. The van der Waals surface area contributed by atoms with Gasteiger partial charge in [-0.25, -0.2) is 7.89 Å². The molecule has 2 atom stereocenters. The summed E-state index contributed by atoms with van der Waals surface area (Å²) in [5.41, 5.74) is 0. The van der Waals surface area contributed by atoms with Crippen LogP contribution < -0.4 is 0 Å². The summed E-state index contributed by atoms with van der Waals surface area (Å²) in [6.07, 6.45) is 0. The molecule has 0 spiro atoms. The topological polar surface area (TPSA) is 17.1 Å². The molecule has 0 fully saturated rings. The van der Waals surface area contributed by atoms with Gasteiger partial charge < -0.3 is 4.46 Å². The van der Waals surface area contributed by atoms with E-state index >= 15 is 0 Å². The molecule has 0 saturated heterocycles. The molecule has 0 aromatic carbocycles. The van der Waals surface area contributed by atoms with Gasteiger partial charge in [0.25, 0.3) is 9.07 Å². The largest absolute Gasteiger partial charge is 0.387 e. The third-order valence-corrected chi connectivity index (χ3v) is 0. The summed E-state index contributed by atoms with van der Waals surface area (Å²) in [5.74, 6) is 0. The molecule has 0 heterocycles. The Balaban J connectivity index is -0.00000000567. The average Bonchev–Trinajstić information content (AvgIpc) is 1.46. The first-order chi connectivity index (χ1) is 2.41. The molecule has 0 aliphatic rings. The zero-order valence-corrected chi connectivity index (χ0v) is 12.2. The van der Waals surface area contributed by atoms with Crippen molar-refractivity contribution in [2.75, 3.05) is 0 Å². The van der Waals surface area contributed by atoms with Crippen LogP contribution in [0.25, 0.3) is 0 Å². The van der Waals surface area contributed by atoms with Gasteiger partial charge in [-0.05, 0) is 0 Å². The summed E-state index contributed by atoms with van der Waals surface area (Å²) >= 11 is 1.22. The van der Waals surface area contributed by atoms with Crippen LogP contribution in [0.15, 0.2) is 0 Å². The Labute approximate surface area is 101 Å². The Morgan fingerprint density at radius 2 is 1.38 bits per heavy atom. The second-order valence-corrected chi connectivity index (χ2v) is 1.22. The van der Waals surface area contributed by atoms with Crippen molar-refractivity contribution >= 4 is 59.0 Å². The van der Waals surface area contributed by atoms with E-state index in [9.17, 15) is 0 Å². The molecule has 0 aromatic heterocycles. The van der Waals surface area contributed by atoms with Crippen LogP contribution in [0, 0.1) is 0 Å². The van der Waals surface area contributed by atoms with Crippen molar-refractivity contribution in [1.82, 2.24) is 0 Å². The average molecular weight is 273 g/mol. The Kier molecular flexibility index (Phi) is 186. The Morgan fingerprint density at radius 1 is 1.38 bits per heavy atom. The molecular formula is H10Al2MnOP2SiTi. The van der Waals surface area contributed by atoms with Gasteiger partial charge in [-0.2, -0.15) is 0 Å². The quantitative estimate of drug-likeness (QED) is 0.361. The number of rotatable bonds is 0. The van der Waals surface area contributed by atoms with Gasteiger partial charge in [-0.3, -0.25) is 0 Å². The first-order valence-corrected chi connectivity index (χ1v) is 8.90. The molecule has 8 heavy (non-hydrogen) atoms. The van der Waals surface area contributed by atoms with E-state index in [1.807, 2.05) is 0 Å². The van der Waals surface area contributed by atoms with E-state index in [4.69, 9.17) is 4.46 Å². The van der Waals surface area contributed by atoms with Crippen molar-refractivity contribution in [3.05, 3.63) is 0 Å². The van der Waals surface area contributed by atoms with Crippen LogP contribution in [0.3, 0.4) is 0 Å². The van der Waals surface area contributed by atoms with Gasteiger partial charge in [0.15, 0.2) is 17.4 Å². The molecular weight excluding hydrogens is 263 g/mol. The molecule has 0 aliphatic heterocycles. The van der Waals surface area contributed by atoms with Gasteiger partial charge in [0, 0.05) is 38.8 Å². The molecule has 1 nitrogen and oxygen atoms in total. The molecule has 0 aliphatic carbocycles. The molecule has 0 aromatic rings. The van der Waals surface area contributed by atoms with Crippen LogP contribution >= 0.6 is 16.7 Å². The second kappa shape index (κ2) is 49.1. The fourth-order valence-electron chi connectivity index (χ4n) is 0. The molecule has 1 radical (unpaired) electrons. The number of hydrogen-bond donors (Lipinski definition) is 0. The molecule has 8 heteroatoms.